The largest absolute Gasteiger partial charge is 0.376 e. The monoisotopic (exact) mass is 346 g/mol. The van der Waals surface area contributed by atoms with Gasteiger partial charge in [0.2, 0.25) is 5.13 Å². The van der Waals surface area contributed by atoms with Crippen molar-refractivity contribution in [1.29, 1.82) is 0 Å². The average Bonchev–Trinajstić information content (AvgIpc) is 3.17. The second-order valence-electron chi connectivity index (χ2n) is 6.08. The molecule has 1 N–H and O–H groups in total. The highest BCUT2D eigenvalue weighted by Gasteiger charge is 2.40. The Bertz CT molecular complexity index is 683. The highest BCUT2D eigenvalue weighted by Crippen LogP contribution is 2.31. The molecule has 24 heavy (non-hydrogen) atoms. The number of hydrogen-bond acceptors (Lipinski definition) is 8. The van der Waals surface area contributed by atoms with Gasteiger partial charge < -0.3 is 15.0 Å². The number of nitrogens with zero attached hydrogens (tertiary/aromatic N) is 5. The zero-order valence-electron chi connectivity index (χ0n) is 13.0. The van der Waals surface area contributed by atoms with E-state index < -0.39 is 0 Å². The number of rotatable bonds is 3. The van der Waals surface area contributed by atoms with Gasteiger partial charge in [0.05, 0.1) is 30.1 Å². The van der Waals surface area contributed by atoms with Crippen LogP contribution in [0.5, 0.6) is 0 Å². The van der Waals surface area contributed by atoms with Gasteiger partial charge in [-0.25, -0.2) is 0 Å². The standard InChI is InChI=1S/C15H18N6O2S/c22-14(10-3-4-16-17-6-10)19-12-8-21(15-20-18-9-24-15)7-11-2-1-5-23-13(11)12/h3-4,6,9,11-13H,1-2,5,7-8H2,(H,19,22)/t11-,12+,13-/m0/s1. The first-order valence-corrected chi connectivity index (χ1v) is 8.89. The van der Waals surface area contributed by atoms with Crippen molar-refractivity contribution >= 4 is 22.4 Å². The lowest BCUT2D eigenvalue weighted by atomic mass is 9.85. The molecule has 0 saturated carbocycles. The van der Waals surface area contributed by atoms with Crippen LogP contribution in [0.15, 0.2) is 24.0 Å². The van der Waals surface area contributed by atoms with Crippen molar-refractivity contribution in [3.8, 4) is 0 Å². The van der Waals surface area contributed by atoms with Crippen molar-refractivity contribution in [2.75, 3.05) is 24.6 Å². The molecule has 2 saturated heterocycles. The van der Waals surface area contributed by atoms with Gasteiger partial charge in [0.1, 0.15) is 5.51 Å². The van der Waals surface area contributed by atoms with Gasteiger partial charge in [-0.3, -0.25) is 4.79 Å². The summed E-state index contributed by atoms with van der Waals surface area (Å²) in [5.41, 5.74) is 2.24. The highest BCUT2D eigenvalue weighted by molar-refractivity contribution is 7.13. The summed E-state index contributed by atoms with van der Waals surface area (Å²) in [6.45, 7) is 2.31. The SMILES string of the molecule is O=C(N[C@@H]1CN(c2nncs2)C[C@@H]2CCCO[C@@H]21)c1ccnnc1. The maximum atomic E-state index is 12.5. The number of nitrogens with one attached hydrogen (secondary N) is 1. The van der Waals surface area contributed by atoms with Crippen LogP contribution in [-0.4, -0.2) is 58.1 Å². The number of anilines is 1. The molecule has 0 unspecified atom stereocenters. The molecule has 0 spiro atoms. The third kappa shape index (κ3) is 3.09. The van der Waals surface area contributed by atoms with Crippen molar-refractivity contribution < 1.29 is 9.53 Å². The molecule has 0 aromatic carbocycles. The van der Waals surface area contributed by atoms with Gasteiger partial charge in [0.15, 0.2) is 0 Å². The van der Waals surface area contributed by atoms with E-state index in [-0.39, 0.29) is 18.1 Å². The van der Waals surface area contributed by atoms with Gasteiger partial charge in [0.25, 0.3) is 5.91 Å². The molecule has 2 aliphatic heterocycles. The lowest BCUT2D eigenvalue weighted by molar-refractivity contribution is -0.0521. The highest BCUT2D eigenvalue weighted by atomic mass is 32.1. The zero-order valence-corrected chi connectivity index (χ0v) is 13.9. The molecule has 3 atom stereocenters. The molecule has 2 fully saturated rings. The number of carbonyl (C=O) groups excluding carboxylic acids is 1. The molecule has 9 heteroatoms. The Balaban J connectivity index is 1.53. The maximum absolute atomic E-state index is 12.5. The van der Waals surface area contributed by atoms with Crippen LogP contribution in [0.25, 0.3) is 0 Å². The van der Waals surface area contributed by atoms with Gasteiger partial charge in [0, 0.05) is 25.6 Å². The molecule has 2 aliphatic rings. The first-order valence-electron chi connectivity index (χ1n) is 8.01. The molecule has 4 heterocycles. The Morgan fingerprint density at radius 1 is 1.33 bits per heavy atom. The Morgan fingerprint density at radius 3 is 3.08 bits per heavy atom. The van der Waals surface area contributed by atoms with E-state index in [1.54, 1.807) is 11.6 Å². The predicted molar refractivity (Wildman–Crippen MR) is 87.9 cm³/mol. The number of hydrogen-bond donors (Lipinski definition) is 1. The predicted octanol–water partition coefficient (Wildman–Crippen LogP) is 0.742. The molecule has 2 aromatic rings. The van der Waals surface area contributed by atoms with Gasteiger partial charge in [-0.1, -0.05) is 11.3 Å². The molecule has 0 bridgehead atoms. The van der Waals surface area contributed by atoms with Crippen LogP contribution in [0.1, 0.15) is 23.2 Å². The molecule has 1 amide bonds. The molecule has 0 aliphatic carbocycles. The summed E-state index contributed by atoms with van der Waals surface area (Å²) in [7, 11) is 0. The number of fused-ring (bicyclic) bond motifs is 1. The second kappa shape index (κ2) is 6.78. The summed E-state index contributed by atoms with van der Waals surface area (Å²) in [5.74, 6) is 0.235. The van der Waals surface area contributed by atoms with Gasteiger partial charge >= 0.3 is 0 Å². The van der Waals surface area contributed by atoms with Crippen molar-refractivity contribution in [2.45, 2.75) is 25.0 Å². The first kappa shape index (κ1) is 15.4. The van der Waals surface area contributed by atoms with Crippen molar-refractivity contribution in [3.63, 3.8) is 0 Å². The van der Waals surface area contributed by atoms with Crippen LogP contribution in [0.2, 0.25) is 0 Å². The van der Waals surface area contributed by atoms with E-state index in [4.69, 9.17) is 4.74 Å². The van der Waals surface area contributed by atoms with Crippen molar-refractivity contribution in [3.05, 3.63) is 29.5 Å². The van der Waals surface area contributed by atoms with Crippen molar-refractivity contribution in [1.82, 2.24) is 25.7 Å². The normalized spacial score (nSPS) is 26.7. The van der Waals surface area contributed by atoms with Crippen LogP contribution < -0.4 is 10.2 Å². The summed E-state index contributed by atoms with van der Waals surface area (Å²) in [6.07, 6.45) is 5.19. The number of amides is 1. The van der Waals surface area contributed by atoms with E-state index in [2.05, 4.69) is 30.6 Å². The summed E-state index contributed by atoms with van der Waals surface area (Å²) >= 11 is 1.52. The maximum Gasteiger partial charge on any atom is 0.253 e. The lowest BCUT2D eigenvalue weighted by Crippen LogP contribution is -2.61. The Morgan fingerprint density at radius 2 is 2.29 bits per heavy atom. The quantitative estimate of drug-likeness (QED) is 0.876. The molecule has 4 rings (SSSR count). The molecule has 126 valence electrons. The average molecular weight is 346 g/mol. The number of ether oxygens (including phenoxy) is 1. The summed E-state index contributed by atoms with van der Waals surface area (Å²) in [4.78, 5) is 14.7. The summed E-state index contributed by atoms with van der Waals surface area (Å²) < 4.78 is 5.99. The molecule has 2 aromatic heterocycles. The second-order valence-corrected chi connectivity index (χ2v) is 6.89. The van der Waals surface area contributed by atoms with Gasteiger partial charge in [-0.05, 0) is 18.9 Å². The van der Waals surface area contributed by atoms with Gasteiger partial charge in [-0.15, -0.1) is 10.2 Å². The van der Waals surface area contributed by atoms with Crippen molar-refractivity contribution in [2.24, 2.45) is 5.92 Å². The van der Waals surface area contributed by atoms with Gasteiger partial charge in [-0.2, -0.15) is 10.2 Å². The number of aromatic nitrogens is 4. The van der Waals surface area contributed by atoms with Crippen LogP contribution in [0.3, 0.4) is 0 Å². The lowest BCUT2D eigenvalue weighted by Gasteiger charge is -2.45. The summed E-state index contributed by atoms with van der Waals surface area (Å²) in [6, 6.07) is 1.57. The molecule has 0 radical (unpaired) electrons. The Hall–Kier alpha value is -2.13. The Labute approximate surface area is 143 Å². The smallest absolute Gasteiger partial charge is 0.253 e. The number of piperidine rings is 1. The van der Waals surface area contributed by atoms with E-state index in [1.165, 1.54) is 23.7 Å². The minimum atomic E-state index is -0.151. The fourth-order valence-corrected chi connectivity index (χ4v) is 4.05. The summed E-state index contributed by atoms with van der Waals surface area (Å²) in [5, 5.41) is 19.6. The molecule has 8 nitrogen and oxygen atoms in total. The van der Waals surface area contributed by atoms with E-state index in [1.807, 2.05) is 0 Å². The molecular formula is C15H18N6O2S. The van der Waals surface area contributed by atoms with E-state index in [0.717, 1.165) is 31.1 Å². The topological polar surface area (TPSA) is 93.1 Å². The van der Waals surface area contributed by atoms with E-state index in [9.17, 15) is 4.79 Å². The minimum absolute atomic E-state index is 0.0432. The minimum Gasteiger partial charge on any atom is -0.376 e. The first-order chi connectivity index (χ1) is 11.8. The van der Waals surface area contributed by atoms with E-state index in [0.29, 0.717) is 18.0 Å². The van der Waals surface area contributed by atoms with Crippen LogP contribution >= 0.6 is 11.3 Å². The zero-order chi connectivity index (χ0) is 16.4. The third-order valence-corrected chi connectivity index (χ3v) is 5.30. The fourth-order valence-electron chi connectivity index (χ4n) is 3.47. The van der Waals surface area contributed by atoms with Crippen LogP contribution in [-0.2, 0) is 4.74 Å². The fraction of sp³-hybridized carbons (Fsp3) is 0.533. The van der Waals surface area contributed by atoms with Crippen LogP contribution in [0.4, 0.5) is 5.13 Å². The molecular weight excluding hydrogens is 328 g/mol. The van der Waals surface area contributed by atoms with Crippen LogP contribution in [0, 0.1) is 5.92 Å². The third-order valence-electron chi connectivity index (χ3n) is 4.54. The Kier molecular flexibility index (Phi) is 4.35. The number of carbonyl (C=O) groups is 1. The van der Waals surface area contributed by atoms with E-state index >= 15 is 0 Å².